The van der Waals surface area contributed by atoms with Crippen LogP contribution in [-0.2, 0) is 9.53 Å². The van der Waals surface area contributed by atoms with Crippen LogP contribution in [0.4, 0.5) is 8.78 Å². The van der Waals surface area contributed by atoms with Crippen LogP contribution in [0.15, 0.2) is 54.6 Å². The number of carbonyl (C=O) groups is 1. The molecule has 0 amide bonds. The van der Waals surface area contributed by atoms with Crippen LogP contribution >= 0.6 is 31.9 Å². The van der Waals surface area contributed by atoms with Gasteiger partial charge in [0.2, 0.25) is 6.10 Å². The number of esters is 1. The van der Waals surface area contributed by atoms with Crippen molar-refractivity contribution in [2.45, 2.75) is 29.6 Å². The predicted octanol–water partition coefficient (Wildman–Crippen LogP) is 6.61. The Morgan fingerprint density at radius 3 is 2.40 bits per heavy atom. The number of ether oxygens (including phenoxy) is 2. The van der Waals surface area contributed by atoms with E-state index in [9.17, 15) is 18.8 Å². The largest absolute Gasteiger partial charge is 0.457 e. The quantitative estimate of drug-likeness (QED) is 0.292. The fraction of sp³-hybridized carbons (Fsp3) is 0.364. The first-order valence-corrected chi connectivity index (χ1v) is 10.9. The predicted molar refractivity (Wildman–Crippen MR) is 115 cm³/mol. The first-order valence-electron chi connectivity index (χ1n) is 9.19. The number of halogens is 4. The summed E-state index contributed by atoms with van der Waals surface area (Å²) in [6.07, 6.45) is -1.17. The first kappa shape index (κ1) is 22.7. The molecule has 2 aromatic rings. The lowest BCUT2D eigenvalue weighted by Gasteiger charge is -2.17. The summed E-state index contributed by atoms with van der Waals surface area (Å²) in [5.74, 6) is -0.940. The highest BCUT2D eigenvalue weighted by Gasteiger charge is 2.68. The van der Waals surface area contributed by atoms with Gasteiger partial charge in [-0.25, -0.2) is 0 Å². The summed E-state index contributed by atoms with van der Waals surface area (Å²) in [4.78, 5) is 8.30. The molecule has 0 unspecified atom stereocenters. The van der Waals surface area contributed by atoms with Gasteiger partial charge in [-0.3, -0.25) is 4.79 Å². The zero-order chi connectivity index (χ0) is 22.1. The van der Waals surface area contributed by atoms with Crippen molar-refractivity contribution in [1.29, 1.82) is 5.26 Å². The molecule has 1 aliphatic rings. The highest BCUT2D eigenvalue weighted by molar-refractivity contribution is 9.12. The minimum atomic E-state index is -3.16. The Morgan fingerprint density at radius 2 is 1.80 bits per heavy atom. The summed E-state index contributed by atoms with van der Waals surface area (Å²) >= 11 is 5.34. The summed E-state index contributed by atoms with van der Waals surface area (Å²) in [7, 11) is 0. The number of rotatable bonds is 7. The lowest BCUT2D eigenvalue weighted by molar-refractivity contribution is -0.149. The van der Waals surface area contributed by atoms with E-state index in [-0.39, 0.29) is 0 Å². The van der Waals surface area contributed by atoms with Crippen molar-refractivity contribution < 1.29 is 23.0 Å². The Hall–Kier alpha value is -1.98. The first-order chi connectivity index (χ1) is 14.1. The third kappa shape index (κ3) is 4.84. The Morgan fingerprint density at radius 1 is 1.17 bits per heavy atom. The number of alkyl halides is 4. The topological polar surface area (TPSA) is 59.3 Å². The minimum absolute atomic E-state index is 0.440. The van der Waals surface area contributed by atoms with Crippen LogP contribution in [-0.4, -0.2) is 15.6 Å². The second-order valence-electron chi connectivity index (χ2n) is 7.70. The van der Waals surface area contributed by atoms with Gasteiger partial charge in [-0.1, -0.05) is 60.1 Å². The number of nitrogens with zero attached hydrogens (tertiary/aromatic N) is 1. The molecule has 30 heavy (non-hydrogen) atoms. The van der Waals surface area contributed by atoms with Crippen molar-refractivity contribution in [2.75, 3.05) is 0 Å². The molecular formula is C22H19Br2F2NO3. The maximum atomic E-state index is 13.7. The highest BCUT2D eigenvalue weighted by atomic mass is 79.9. The van der Waals surface area contributed by atoms with Crippen molar-refractivity contribution in [3.63, 3.8) is 0 Å². The van der Waals surface area contributed by atoms with Gasteiger partial charge in [0.25, 0.3) is 0 Å². The maximum Gasteiger partial charge on any atom is 0.313 e. The average Bonchev–Trinajstić information content (AvgIpc) is 3.27. The molecule has 1 saturated carbocycles. The molecule has 1 fully saturated rings. The Labute approximate surface area is 190 Å². The van der Waals surface area contributed by atoms with E-state index in [1.54, 1.807) is 50.2 Å². The van der Waals surface area contributed by atoms with Crippen LogP contribution in [0.25, 0.3) is 0 Å². The van der Waals surface area contributed by atoms with Gasteiger partial charge < -0.3 is 9.47 Å². The zero-order valence-electron chi connectivity index (χ0n) is 16.2. The molecule has 0 saturated heterocycles. The minimum Gasteiger partial charge on any atom is -0.457 e. The van der Waals surface area contributed by atoms with Crippen molar-refractivity contribution in [2.24, 2.45) is 17.3 Å². The van der Waals surface area contributed by atoms with Crippen LogP contribution in [0.5, 0.6) is 11.5 Å². The van der Waals surface area contributed by atoms with Crippen LogP contribution in [0, 0.1) is 28.6 Å². The summed E-state index contributed by atoms with van der Waals surface area (Å²) in [6, 6.07) is 17.7. The van der Waals surface area contributed by atoms with Gasteiger partial charge >= 0.3 is 10.8 Å². The lowest BCUT2D eigenvalue weighted by atomic mass is 10.1. The summed E-state index contributed by atoms with van der Waals surface area (Å²) in [5.41, 5.74) is -0.240. The number of hydrogen-bond donors (Lipinski definition) is 0. The molecule has 0 bridgehead atoms. The fourth-order valence-corrected chi connectivity index (χ4v) is 4.87. The second kappa shape index (κ2) is 8.64. The van der Waals surface area contributed by atoms with Crippen LogP contribution in [0.3, 0.4) is 0 Å². The van der Waals surface area contributed by atoms with E-state index in [4.69, 9.17) is 9.47 Å². The van der Waals surface area contributed by atoms with Crippen molar-refractivity contribution in [1.82, 2.24) is 0 Å². The van der Waals surface area contributed by atoms with Gasteiger partial charge in [0.05, 0.1) is 10.7 Å². The summed E-state index contributed by atoms with van der Waals surface area (Å²) < 4.78 is 38.5. The molecule has 158 valence electrons. The third-order valence-electron chi connectivity index (χ3n) is 5.28. The lowest BCUT2D eigenvalue weighted by Crippen LogP contribution is -2.26. The number of hydrogen-bond acceptors (Lipinski definition) is 4. The molecular weight excluding hydrogens is 524 g/mol. The molecule has 4 atom stereocenters. The van der Waals surface area contributed by atoms with E-state index in [1.807, 2.05) is 24.3 Å². The second-order valence-corrected chi connectivity index (χ2v) is 9.75. The van der Waals surface area contributed by atoms with E-state index in [0.29, 0.717) is 17.1 Å². The van der Waals surface area contributed by atoms with E-state index in [1.165, 1.54) is 0 Å². The summed E-state index contributed by atoms with van der Waals surface area (Å²) in [5, 5.41) is 9.54. The standard InChI is InChI=1S/C22H19Br2F2NO3/c1-21(2)17(19(23)22(24,25)26)18(21)20(28)30-16(12-27)13-7-6-10-15(11-13)29-14-8-4-3-5-9-14/h3-11,16-19H,1-2H3/t16-,17+,18-,19-/m0/s1. The van der Waals surface area contributed by atoms with Crippen LogP contribution in [0.2, 0.25) is 0 Å². The van der Waals surface area contributed by atoms with Crippen molar-refractivity contribution in [3.05, 3.63) is 60.2 Å². The molecule has 3 rings (SSSR count). The fourth-order valence-electron chi connectivity index (χ4n) is 3.60. The molecule has 0 N–H and O–H groups in total. The van der Waals surface area contributed by atoms with Crippen LogP contribution < -0.4 is 4.74 Å². The van der Waals surface area contributed by atoms with Gasteiger partial charge in [-0.2, -0.15) is 14.0 Å². The average molecular weight is 543 g/mol. The van der Waals surface area contributed by atoms with Crippen LogP contribution in [0.1, 0.15) is 25.5 Å². The van der Waals surface area contributed by atoms with Crippen molar-refractivity contribution in [3.8, 4) is 17.6 Å². The molecule has 0 radical (unpaired) electrons. The third-order valence-corrected chi connectivity index (χ3v) is 7.54. The summed E-state index contributed by atoms with van der Waals surface area (Å²) in [6.45, 7) is 3.46. The molecule has 1 aliphatic carbocycles. The SMILES string of the molecule is CC1(C)[C@@H]([C@H](Br)C(F)(F)Br)[C@H]1C(=O)O[C@@H](C#N)c1cccc(Oc2ccccc2)c1. The molecule has 8 heteroatoms. The van der Waals surface area contributed by atoms with Gasteiger partial charge in [0.15, 0.2) is 0 Å². The molecule has 2 aromatic carbocycles. The normalized spacial score (nSPS) is 21.8. The highest BCUT2D eigenvalue weighted by Crippen LogP contribution is 2.64. The van der Waals surface area contributed by atoms with Crippen molar-refractivity contribution >= 4 is 37.8 Å². The number of benzene rings is 2. The maximum absolute atomic E-state index is 13.7. The van der Waals surface area contributed by atoms with E-state index in [0.717, 1.165) is 0 Å². The van der Waals surface area contributed by atoms with Gasteiger partial charge in [0.1, 0.15) is 17.6 Å². The number of para-hydroxylation sites is 1. The monoisotopic (exact) mass is 541 g/mol. The molecule has 0 aromatic heterocycles. The van der Waals surface area contributed by atoms with Gasteiger partial charge in [-0.05, 0) is 51.5 Å². The number of carbonyl (C=O) groups excluding carboxylic acids is 1. The van der Waals surface area contributed by atoms with Gasteiger partial charge in [0, 0.05) is 5.56 Å². The van der Waals surface area contributed by atoms with E-state index in [2.05, 4.69) is 31.9 Å². The molecule has 4 nitrogen and oxygen atoms in total. The molecule has 0 aliphatic heterocycles. The Bertz CT molecular complexity index is 957. The Kier molecular flexibility index (Phi) is 6.54. The van der Waals surface area contributed by atoms with Gasteiger partial charge in [-0.15, -0.1) is 0 Å². The Balaban J connectivity index is 1.72. The van der Waals surface area contributed by atoms with E-state index < -0.39 is 39.0 Å². The molecule has 0 heterocycles. The van der Waals surface area contributed by atoms with E-state index >= 15 is 0 Å². The molecule has 0 spiro atoms. The smallest absolute Gasteiger partial charge is 0.313 e. The zero-order valence-corrected chi connectivity index (χ0v) is 19.4. The number of nitriles is 1.